The molecule has 0 fully saturated rings. The molecular weight excluding hydrogens is 275 g/mol. The number of anilines is 1. The van der Waals surface area contributed by atoms with Gasteiger partial charge < -0.3 is 11.1 Å². The molecule has 5 heteroatoms. The van der Waals surface area contributed by atoms with Crippen LogP contribution in [0.4, 0.5) is 10.1 Å². The minimum absolute atomic E-state index is 0.00514. The first kappa shape index (κ1) is 13.1. The number of rotatable bonds is 3. The van der Waals surface area contributed by atoms with Crippen LogP contribution in [-0.2, 0) is 4.79 Å². The predicted molar refractivity (Wildman–Crippen MR) is 65.5 cm³/mol. The Bertz CT molecular complexity index is 375. The van der Waals surface area contributed by atoms with Gasteiger partial charge in [0.2, 0.25) is 5.91 Å². The Morgan fingerprint density at radius 1 is 1.50 bits per heavy atom. The summed E-state index contributed by atoms with van der Waals surface area (Å²) < 4.78 is 13.9. The largest absolute Gasteiger partial charge is 0.321 e. The molecule has 0 heterocycles. The molecule has 1 atom stereocenters. The van der Waals surface area contributed by atoms with Crippen LogP contribution in [-0.4, -0.2) is 11.9 Å². The van der Waals surface area contributed by atoms with E-state index in [1.165, 1.54) is 6.07 Å². The topological polar surface area (TPSA) is 55.1 Å². The number of nitrogens with one attached hydrogen (secondary N) is 1. The summed E-state index contributed by atoms with van der Waals surface area (Å²) >= 11 is 3.17. The first-order valence-electron chi connectivity index (χ1n) is 4.94. The summed E-state index contributed by atoms with van der Waals surface area (Å²) in [6.07, 6.45) is 0. The van der Waals surface area contributed by atoms with Crippen LogP contribution in [0.5, 0.6) is 0 Å². The average molecular weight is 289 g/mol. The summed E-state index contributed by atoms with van der Waals surface area (Å²) in [6, 6.07) is 3.84. The van der Waals surface area contributed by atoms with E-state index in [9.17, 15) is 9.18 Å². The Morgan fingerprint density at radius 2 is 2.12 bits per heavy atom. The van der Waals surface area contributed by atoms with Crippen LogP contribution in [0.2, 0.25) is 0 Å². The number of hydrogen-bond acceptors (Lipinski definition) is 2. The molecule has 0 spiro atoms. The smallest absolute Gasteiger partial charge is 0.241 e. The van der Waals surface area contributed by atoms with E-state index in [0.717, 1.165) is 0 Å². The SMILES string of the molecule is CC(C)[C@@H](N)C(=O)Nc1c(F)cccc1Br. The molecule has 1 aromatic rings. The zero-order chi connectivity index (χ0) is 12.3. The summed E-state index contributed by atoms with van der Waals surface area (Å²) in [4.78, 5) is 11.6. The molecule has 1 rings (SSSR count). The molecule has 0 aliphatic carbocycles. The molecule has 16 heavy (non-hydrogen) atoms. The van der Waals surface area contributed by atoms with Crippen LogP contribution in [0.25, 0.3) is 0 Å². The van der Waals surface area contributed by atoms with E-state index >= 15 is 0 Å². The highest BCUT2D eigenvalue weighted by Gasteiger charge is 2.19. The van der Waals surface area contributed by atoms with Crippen LogP contribution in [0.3, 0.4) is 0 Å². The molecule has 0 aromatic heterocycles. The van der Waals surface area contributed by atoms with E-state index in [1.807, 2.05) is 13.8 Å². The molecule has 0 bridgehead atoms. The van der Waals surface area contributed by atoms with Crippen molar-refractivity contribution in [3.63, 3.8) is 0 Å². The van der Waals surface area contributed by atoms with Crippen molar-refractivity contribution in [2.45, 2.75) is 19.9 Å². The first-order chi connectivity index (χ1) is 7.43. The normalized spacial score (nSPS) is 12.6. The Morgan fingerprint density at radius 3 is 2.62 bits per heavy atom. The van der Waals surface area contributed by atoms with E-state index in [1.54, 1.807) is 12.1 Å². The number of hydrogen-bond donors (Lipinski definition) is 2. The molecule has 0 aliphatic heterocycles. The van der Waals surface area contributed by atoms with Gasteiger partial charge in [0.1, 0.15) is 5.82 Å². The van der Waals surface area contributed by atoms with Gasteiger partial charge in [-0.3, -0.25) is 4.79 Å². The van der Waals surface area contributed by atoms with Crippen molar-refractivity contribution in [1.29, 1.82) is 0 Å². The Kier molecular flexibility index (Phi) is 4.44. The standard InChI is InChI=1S/C11H14BrFN2O/c1-6(2)9(14)11(16)15-10-7(12)4-3-5-8(10)13/h3-6,9H,14H2,1-2H3,(H,15,16)/t9-/m1/s1. The molecule has 3 N–H and O–H groups in total. The van der Waals surface area contributed by atoms with Crippen LogP contribution >= 0.6 is 15.9 Å². The third-order valence-electron chi connectivity index (χ3n) is 2.23. The molecule has 0 saturated heterocycles. The second-order valence-corrected chi connectivity index (χ2v) is 4.71. The number of carbonyl (C=O) groups is 1. The van der Waals surface area contributed by atoms with Gasteiger partial charge in [0, 0.05) is 4.47 Å². The number of nitrogens with two attached hydrogens (primary N) is 1. The molecule has 3 nitrogen and oxygen atoms in total. The lowest BCUT2D eigenvalue weighted by atomic mass is 10.0. The Hall–Kier alpha value is -0.940. The quantitative estimate of drug-likeness (QED) is 0.898. The Labute approximate surface area is 102 Å². The fourth-order valence-corrected chi connectivity index (χ4v) is 1.57. The van der Waals surface area contributed by atoms with E-state index < -0.39 is 11.9 Å². The lowest BCUT2D eigenvalue weighted by Crippen LogP contribution is -2.40. The highest BCUT2D eigenvalue weighted by Crippen LogP contribution is 2.25. The summed E-state index contributed by atoms with van der Waals surface area (Å²) in [5.41, 5.74) is 5.79. The van der Waals surface area contributed by atoms with Gasteiger partial charge in [0.05, 0.1) is 11.7 Å². The molecule has 1 amide bonds. The number of amides is 1. The maximum Gasteiger partial charge on any atom is 0.241 e. The van der Waals surface area contributed by atoms with Crippen LogP contribution in [0.1, 0.15) is 13.8 Å². The maximum atomic E-state index is 13.4. The third kappa shape index (κ3) is 3.02. The lowest BCUT2D eigenvalue weighted by molar-refractivity contribution is -0.118. The van der Waals surface area contributed by atoms with Gasteiger partial charge in [-0.2, -0.15) is 0 Å². The minimum atomic E-state index is -0.647. The summed E-state index contributed by atoms with van der Waals surface area (Å²) in [5, 5.41) is 2.47. The van der Waals surface area contributed by atoms with Crippen molar-refractivity contribution in [2.75, 3.05) is 5.32 Å². The molecule has 88 valence electrons. The predicted octanol–water partition coefficient (Wildman–Crippen LogP) is 2.51. The minimum Gasteiger partial charge on any atom is -0.321 e. The van der Waals surface area contributed by atoms with Gasteiger partial charge >= 0.3 is 0 Å². The lowest BCUT2D eigenvalue weighted by Gasteiger charge is -2.16. The van der Waals surface area contributed by atoms with Gasteiger partial charge in [-0.1, -0.05) is 19.9 Å². The second-order valence-electron chi connectivity index (χ2n) is 3.86. The average Bonchev–Trinajstić information content (AvgIpc) is 2.22. The van der Waals surface area contributed by atoms with Gasteiger partial charge in [-0.25, -0.2) is 4.39 Å². The van der Waals surface area contributed by atoms with E-state index in [0.29, 0.717) is 4.47 Å². The Balaban J connectivity index is 2.85. The summed E-state index contributed by atoms with van der Waals surface area (Å²) in [7, 11) is 0. The van der Waals surface area contributed by atoms with E-state index in [-0.39, 0.29) is 17.5 Å². The van der Waals surface area contributed by atoms with Crippen molar-refractivity contribution in [2.24, 2.45) is 11.7 Å². The molecular formula is C11H14BrFN2O. The number of benzene rings is 1. The zero-order valence-electron chi connectivity index (χ0n) is 9.13. The van der Waals surface area contributed by atoms with Crippen LogP contribution in [0, 0.1) is 11.7 Å². The van der Waals surface area contributed by atoms with Crippen molar-refractivity contribution in [3.05, 3.63) is 28.5 Å². The van der Waals surface area contributed by atoms with E-state index in [2.05, 4.69) is 21.2 Å². The van der Waals surface area contributed by atoms with Crippen molar-refractivity contribution in [1.82, 2.24) is 0 Å². The highest BCUT2D eigenvalue weighted by atomic mass is 79.9. The third-order valence-corrected chi connectivity index (χ3v) is 2.89. The van der Waals surface area contributed by atoms with Crippen molar-refractivity contribution in [3.8, 4) is 0 Å². The molecule has 0 radical (unpaired) electrons. The van der Waals surface area contributed by atoms with Crippen molar-refractivity contribution >= 4 is 27.5 Å². The van der Waals surface area contributed by atoms with Crippen molar-refractivity contribution < 1.29 is 9.18 Å². The van der Waals surface area contributed by atoms with Gasteiger partial charge in [0.25, 0.3) is 0 Å². The molecule has 0 saturated carbocycles. The number of carbonyl (C=O) groups excluding carboxylic acids is 1. The monoisotopic (exact) mass is 288 g/mol. The number of para-hydroxylation sites is 1. The van der Waals surface area contributed by atoms with Crippen LogP contribution in [0.15, 0.2) is 22.7 Å². The maximum absolute atomic E-state index is 13.4. The fraction of sp³-hybridized carbons (Fsp3) is 0.364. The highest BCUT2D eigenvalue weighted by molar-refractivity contribution is 9.10. The molecule has 1 aromatic carbocycles. The number of halogens is 2. The summed E-state index contributed by atoms with van der Waals surface area (Å²) in [5.74, 6) is -0.870. The second kappa shape index (κ2) is 5.41. The van der Waals surface area contributed by atoms with Crippen LogP contribution < -0.4 is 11.1 Å². The fourth-order valence-electron chi connectivity index (χ4n) is 1.13. The van der Waals surface area contributed by atoms with Gasteiger partial charge in [0.15, 0.2) is 0 Å². The van der Waals surface area contributed by atoms with Gasteiger partial charge in [-0.05, 0) is 34.0 Å². The molecule has 0 aliphatic rings. The zero-order valence-corrected chi connectivity index (χ0v) is 10.7. The van der Waals surface area contributed by atoms with E-state index in [4.69, 9.17) is 5.73 Å². The van der Waals surface area contributed by atoms with Gasteiger partial charge in [-0.15, -0.1) is 0 Å². The first-order valence-corrected chi connectivity index (χ1v) is 5.73. The summed E-state index contributed by atoms with van der Waals surface area (Å²) in [6.45, 7) is 3.67. The molecule has 0 unspecified atom stereocenters.